The van der Waals surface area contributed by atoms with Crippen molar-refractivity contribution >= 4 is 0 Å². The number of halogens is 1. The number of aromatic nitrogens is 2. The monoisotopic (exact) mass is 244 g/mol. The number of rotatable bonds is 4. The lowest BCUT2D eigenvalue weighted by Gasteiger charge is -2.06. The fourth-order valence-corrected chi connectivity index (χ4v) is 1.21. The van der Waals surface area contributed by atoms with Crippen LogP contribution < -0.4 is 9.47 Å². The molecule has 90 valence electrons. The molecule has 0 spiro atoms. The van der Waals surface area contributed by atoms with Gasteiger partial charge in [-0.3, -0.25) is 0 Å². The molecule has 0 aliphatic rings. The Hall–Kier alpha value is -2.61. The lowest BCUT2D eigenvalue weighted by Crippen LogP contribution is -1.98. The molecule has 0 aliphatic heterocycles. The molecule has 0 radical (unpaired) electrons. The Bertz CT molecular complexity index is 581. The van der Waals surface area contributed by atoms with E-state index in [1.807, 2.05) is 0 Å². The van der Waals surface area contributed by atoms with Crippen LogP contribution in [0.2, 0.25) is 0 Å². The molecule has 1 aromatic carbocycles. The zero-order valence-corrected chi connectivity index (χ0v) is 9.34. The fraction of sp³-hybridized carbons (Fsp3) is 0.0769. The first kappa shape index (κ1) is 11.9. The fourth-order valence-electron chi connectivity index (χ4n) is 1.21. The van der Waals surface area contributed by atoms with Crippen LogP contribution in [-0.2, 0) is 0 Å². The first-order valence-electron chi connectivity index (χ1n) is 5.10. The summed E-state index contributed by atoms with van der Waals surface area (Å²) in [6.45, 7) is 0.0934. The molecule has 0 unspecified atom stereocenters. The van der Waals surface area contributed by atoms with Crippen LogP contribution in [0.25, 0.3) is 0 Å². The van der Waals surface area contributed by atoms with E-state index in [0.717, 1.165) is 0 Å². The molecule has 0 aliphatic carbocycles. The van der Waals surface area contributed by atoms with Crippen LogP contribution in [0.3, 0.4) is 0 Å². The third-order valence-corrected chi connectivity index (χ3v) is 1.97. The number of benzene rings is 1. The van der Waals surface area contributed by atoms with Crippen LogP contribution in [0.5, 0.6) is 17.5 Å². The summed E-state index contributed by atoms with van der Waals surface area (Å²) < 4.78 is 23.7. The molecular weight excluding hydrogens is 235 g/mol. The van der Waals surface area contributed by atoms with Crippen molar-refractivity contribution in [1.29, 1.82) is 0 Å². The molecule has 2 aromatic rings. The van der Waals surface area contributed by atoms with Crippen molar-refractivity contribution < 1.29 is 13.9 Å². The Morgan fingerprint density at radius 3 is 2.78 bits per heavy atom. The highest BCUT2D eigenvalue weighted by Gasteiger charge is 2.05. The number of hydrogen-bond donors (Lipinski definition) is 0. The van der Waals surface area contributed by atoms with Crippen molar-refractivity contribution in [1.82, 2.24) is 9.97 Å². The van der Waals surface area contributed by atoms with Gasteiger partial charge in [-0.15, -0.1) is 6.42 Å². The van der Waals surface area contributed by atoms with Crippen LogP contribution in [0, 0.1) is 18.2 Å². The molecule has 4 nitrogen and oxygen atoms in total. The smallest absolute Gasteiger partial charge is 0.226 e. The van der Waals surface area contributed by atoms with Gasteiger partial charge in [-0.2, -0.15) is 0 Å². The molecule has 5 heteroatoms. The molecule has 0 N–H and O–H groups in total. The van der Waals surface area contributed by atoms with Crippen LogP contribution in [0.4, 0.5) is 4.39 Å². The number of nitrogens with zero attached hydrogens (tertiary/aromatic N) is 2. The second-order valence-corrected chi connectivity index (χ2v) is 3.22. The second-order valence-electron chi connectivity index (χ2n) is 3.22. The zero-order chi connectivity index (χ0) is 12.8. The van der Waals surface area contributed by atoms with Gasteiger partial charge < -0.3 is 9.47 Å². The van der Waals surface area contributed by atoms with Gasteiger partial charge in [0, 0.05) is 0 Å². The minimum absolute atomic E-state index is 0.0825. The van der Waals surface area contributed by atoms with Crippen molar-refractivity contribution in [3.05, 3.63) is 42.5 Å². The number of terminal acetylenes is 1. The lowest BCUT2D eigenvalue weighted by atomic mass is 10.3. The molecule has 18 heavy (non-hydrogen) atoms. The van der Waals surface area contributed by atoms with E-state index >= 15 is 0 Å². The largest absolute Gasteiger partial charge is 0.464 e. The molecule has 2 rings (SSSR count). The van der Waals surface area contributed by atoms with E-state index < -0.39 is 5.82 Å². The van der Waals surface area contributed by atoms with Crippen LogP contribution in [0.15, 0.2) is 36.7 Å². The molecule has 0 amide bonds. The van der Waals surface area contributed by atoms with Gasteiger partial charge in [-0.05, 0) is 12.1 Å². The van der Waals surface area contributed by atoms with E-state index in [0.29, 0.717) is 0 Å². The number of ether oxygens (including phenoxy) is 2. The molecule has 0 bridgehead atoms. The lowest BCUT2D eigenvalue weighted by molar-refractivity contribution is 0.348. The van der Waals surface area contributed by atoms with Crippen LogP contribution in [-0.4, -0.2) is 16.6 Å². The zero-order valence-electron chi connectivity index (χ0n) is 9.34. The Kier molecular flexibility index (Phi) is 3.72. The van der Waals surface area contributed by atoms with Crippen molar-refractivity contribution in [3.8, 4) is 29.9 Å². The predicted octanol–water partition coefficient (Wildman–Crippen LogP) is 2.42. The predicted molar refractivity (Wildman–Crippen MR) is 62.8 cm³/mol. The summed E-state index contributed by atoms with van der Waals surface area (Å²) in [6.07, 6.45) is 6.31. The topological polar surface area (TPSA) is 44.2 Å². The maximum Gasteiger partial charge on any atom is 0.226 e. The maximum atomic E-state index is 13.4. The highest BCUT2D eigenvalue weighted by atomic mass is 19.1. The van der Waals surface area contributed by atoms with Gasteiger partial charge in [0.2, 0.25) is 11.8 Å². The minimum atomic E-state index is -0.470. The summed E-state index contributed by atoms with van der Waals surface area (Å²) in [5, 5.41) is 0. The molecular formula is C13H9FN2O2. The normalized spacial score (nSPS) is 9.56. The average Bonchev–Trinajstić information content (AvgIpc) is 2.40. The van der Waals surface area contributed by atoms with Crippen molar-refractivity contribution in [2.75, 3.05) is 6.61 Å². The number of hydrogen-bond acceptors (Lipinski definition) is 4. The molecule has 0 saturated heterocycles. The minimum Gasteiger partial charge on any atom is -0.464 e. The van der Waals surface area contributed by atoms with Crippen LogP contribution in [0.1, 0.15) is 0 Å². The summed E-state index contributed by atoms with van der Waals surface area (Å²) in [6, 6.07) is 7.47. The Morgan fingerprint density at radius 2 is 2.00 bits per heavy atom. The van der Waals surface area contributed by atoms with E-state index in [2.05, 4.69) is 15.9 Å². The molecule has 1 aromatic heterocycles. The van der Waals surface area contributed by atoms with E-state index in [1.54, 1.807) is 12.1 Å². The highest BCUT2D eigenvalue weighted by molar-refractivity contribution is 5.29. The highest BCUT2D eigenvalue weighted by Crippen LogP contribution is 2.23. The summed E-state index contributed by atoms with van der Waals surface area (Å²) in [5.74, 6) is 2.38. The molecule has 1 heterocycles. The third-order valence-electron chi connectivity index (χ3n) is 1.97. The number of para-hydroxylation sites is 1. The van der Waals surface area contributed by atoms with Gasteiger partial charge in [0.1, 0.15) is 6.33 Å². The first-order chi connectivity index (χ1) is 8.79. The average molecular weight is 244 g/mol. The van der Waals surface area contributed by atoms with Crippen molar-refractivity contribution in [3.63, 3.8) is 0 Å². The Labute approximate surface area is 103 Å². The summed E-state index contributed by atoms with van der Waals surface area (Å²) in [5.41, 5.74) is 0. The molecule has 0 fully saturated rings. The van der Waals surface area contributed by atoms with Gasteiger partial charge in [-0.1, -0.05) is 18.1 Å². The molecule has 0 atom stereocenters. The van der Waals surface area contributed by atoms with E-state index in [4.69, 9.17) is 15.9 Å². The maximum absolute atomic E-state index is 13.4. The Morgan fingerprint density at radius 1 is 1.22 bits per heavy atom. The van der Waals surface area contributed by atoms with Crippen molar-refractivity contribution in [2.45, 2.75) is 0 Å². The van der Waals surface area contributed by atoms with Gasteiger partial charge in [0.25, 0.3) is 0 Å². The van der Waals surface area contributed by atoms with Crippen molar-refractivity contribution in [2.24, 2.45) is 0 Å². The van der Waals surface area contributed by atoms with E-state index in [1.165, 1.54) is 24.5 Å². The van der Waals surface area contributed by atoms with E-state index in [9.17, 15) is 4.39 Å². The van der Waals surface area contributed by atoms with Gasteiger partial charge in [0.05, 0.1) is 6.07 Å². The SMILES string of the molecule is C#CCOc1cc(Oc2ccccc2F)ncn1. The van der Waals surface area contributed by atoms with E-state index in [-0.39, 0.29) is 24.1 Å². The first-order valence-corrected chi connectivity index (χ1v) is 5.10. The second kappa shape index (κ2) is 5.64. The van der Waals surface area contributed by atoms with Crippen LogP contribution >= 0.6 is 0 Å². The standard InChI is InChI=1S/C13H9FN2O2/c1-2-7-17-12-8-13(16-9-15-12)18-11-6-4-3-5-10(11)14/h1,3-6,8-9H,7H2. The molecule has 0 saturated carbocycles. The summed E-state index contributed by atoms with van der Waals surface area (Å²) in [7, 11) is 0. The van der Waals surface area contributed by atoms with Gasteiger partial charge in [-0.25, -0.2) is 14.4 Å². The van der Waals surface area contributed by atoms with Gasteiger partial charge >= 0.3 is 0 Å². The van der Waals surface area contributed by atoms with Gasteiger partial charge in [0.15, 0.2) is 18.2 Å². The summed E-state index contributed by atoms with van der Waals surface area (Å²) in [4.78, 5) is 7.69. The Balaban J connectivity index is 2.15. The third kappa shape index (κ3) is 2.95. The summed E-state index contributed by atoms with van der Waals surface area (Å²) >= 11 is 0. The quantitative estimate of drug-likeness (QED) is 0.775.